The van der Waals surface area contributed by atoms with Gasteiger partial charge >= 0.3 is 0 Å². The highest BCUT2D eigenvalue weighted by Gasteiger charge is 2.44. The number of carbonyl (C=O) groups is 2. The maximum atomic E-state index is 13.2. The first kappa shape index (κ1) is 20.8. The van der Waals surface area contributed by atoms with E-state index in [-0.39, 0.29) is 18.0 Å². The van der Waals surface area contributed by atoms with Gasteiger partial charge in [-0.1, -0.05) is 36.4 Å². The summed E-state index contributed by atoms with van der Waals surface area (Å²) >= 11 is 0. The number of nitrogens with zero attached hydrogens (tertiary/aromatic N) is 1. The third-order valence-corrected chi connectivity index (χ3v) is 7.56. The van der Waals surface area contributed by atoms with Gasteiger partial charge in [-0.15, -0.1) is 0 Å². The standard InChI is InChI=1S/C27H22N2O6/c1-11-24(32)25(33)26(34)27(35-11)29-15-9-5-3-7-13(15)19-21-17(31)10-16(30)20(21)18-12-6-2-4-8-14(12)28-22(18)23(19)29/h2-9,11,24-28,32-34H,10H2,1H3/t11-,24-,25+,26+,27+/m0/s1. The summed E-state index contributed by atoms with van der Waals surface area (Å²) in [6.45, 7) is 1.64. The SMILES string of the molecule is C[C@@H]1O[C@@H](n2c3ccccc3c3c4c(c5c6ccccc6[nH]c5c32)C(=O)CC4=O)[C@H](O)[C@H](O)[C@H]1O. The zero-order valence-corrected chi connectivity index (χ0v) is 18.7. The summed E-state index contributed by atoms with van der Waals surface area (Å²) in [4.78, 5) is 29.8. The lowest BCUT2D eigenvalue weighted by Crippen LogP contribution is -2.54. The molecule has 1 fully saturated rings. The number of Topliss-reactive ketones (excluding diaryl/α,β-unsaturated/α-hetero) is 2. The molecular weight excluding hydrogens is 448 g/mol. The molecule has 1 aliphatic carbocycles. The fourth-order valence-electron chi connectivity index (χ4n) is 5.98. The van der Waals surface area contributed by atoms with E-state index in [0.29, 0.717) is 38.4 Å². The number of aromatic amines is 1. The van der Waals surface area contributed by atoms with E-state index in [2.05, 4.69) is 4.98 Å². The number of carbonyl (C=O) groups excluding carboxylic acids is 2. The Labute approximate surface area is 198 Å². The smallest absolute Gasteiger partial charge is 0.172 e. The van der Waals surface area contributed by atoms with Crippen LogP contribution in [0.5, 0.6) is 0 Å². The summed E-state index contributed by atoms with van der Waals surface area (Å²) in [6, 6.07) is 15.0. The second kappa shape index (κ2) is 6.99. The highest BCUT2D eigenvalue weighted by atomic mass is 16.5. The number of rotatable bonds is 1. The van der Waals surface area contributed by atoms with Crippen LogP contribution in [-0.4, -0.2) is 60.9 Å². The quantitative estimate of drug-likeness (QED) is 0.279. The van der Waals surface area contributed by atoms with E-state index in [9.17, 15) is 24.9 Å². The Morgan fingerprint density at radius 3 is 2.29 bits per heavy atom. The van der Waals surface area contributed by atoms with Crippen molar-refractivity contribution in [2.45, 2.75) is 44.0 Å². The van der Waals surface area contributed by atoms with E-state index in [4.69, 9.17) is 4.74 Å². The number of hydrogen-bond donors (Lipinski definition) is 4. The summed E-state index contributed by atoms with van der Waals surface area (Å²) in [5.74, 6) is -0.446. The van der Waals surface area contributed by atoms with E-state index in [1.807, 2.05) is 48.5 Å². The molecule has 3 aromatic carbocycles. The van der Waals surface area contributed by atoms with Crippen LogP contribution in [0.4, 0.5) is 0 Å². The molecule has 35 heavy (non-hydrogen) atoms. The van der Waals surface area contributed by atoms with Crippen molar-refractivity contribution in [3.8, 4) is 0 Å². The summed E-state index contributed by atoms with van der Waals surface area (Å²) in [5, 5.41) is 34.8. The molecular formula is C27H22N2O6. The van der Waals surface area contributed by atoms with Gasteiger partial charge in [-0.25, -0.2) is 0 Å². The third-order valence-electron chi connectivity index (χ3n) is 7.56. The van der Waals surface area contributed by atoms with Crippen molar-refractivity contribution in [1.29, 1.82) is 0 Å². The maximum absolute atomic E-state index is 13.2. The number of ether oxygens (including phenoxy) is 1. The van der Waals surface area contributed by atoms with Gasteiger partial charge in [0, 0.05) is 38.2 Å². The minimum atomic E-state index is -1.43. The monoisotopic (exact) mass is 470 g/mol. The van der Waals surface area contributed by atoms with Crippen LogP contribution in [0, 0.1) is 0 Å². The Bertz CT molecular complexity index is 1730. The molecule has 4 N–H and O–H groups in total. The highest BCUT2D eigenvalue weighted by molar-refractivity contribution is 6.40. The average molecular weight is 470 g/mol. The molecule has 0 saturated carbocycles. The van der Waals surface area contributed by atoms with Crippen LogP contribution in [0.25, 0.3) is 43.6 Å². The molecule has 0 bridgehead atoms. The van der Waals surface area contributed by atoms with Crippen LogP contribution >= 0.6 is 0 Å². The molecule has 0 spiro atoms. The van der Waals surface area contributed by atoms with E-state index < -0.39 is 30.6 Å². The predicted molar refractivity (Wildman–Crippen MR) is 130 cm³/mol. The molecule has 8 nitrogen and oxygen atoms in total. The molecule has 2 aliphatic rings. The Hall–Kier alpha value is -3.56. The van der Waals surface area contributed by atoms with Crippen LogP contribution in [0.15, 0.2) is 48.5 Å². The van der Waals surface area contributed by atoms with Gasteiger partial charge < -0.3 is 29.6 Å². The van der Waals surface area contributed by atoms with Gasteiger partial charge in [0.05, 0.1) is 29.1 Å². The first-order valence-electron chi connectivity index (χ1n) is 11.6. The molecule has 0 amide bonds. The molecule has 5 aromatic rings. The largest absolute Gasteiger partial charge is 0.388 e. The van der Waals surface area contributed by atoms with Crippen LogP contribution in [0.2, 0.25) is 0 Å². The predicted octanol–water partition coefficient (Wildman–Crippen LogP) is 3.20. The second-order valence-electron chi connectivity index (χ2n) is 9.51. The topological polar surface area (TPSA) is 125 Å². The van der Waals surface area contributed by atoms with Crippen LogP contribution in [0.1, 0.15) is 40.3 Å². The highest BCUT2D eigenvalue weighted by Crippen LogP contribution is 2.47. The molecule has 176 valence electrons. The number of hydrogen-bond acceptors (Lipinski definition) is 6. The first-order chi connectivity index (χ1) is 16.9. The number of aliphatic hydroxyl groups excluding tert-OH is 3. The van der Waals surface area contributed by atoms with Gasteiger partial charge in [0.2, 0.25) is 0 Å². The molecule has 3 heterocycles. The zero-order chi connectivity index (χ0) is 24.2. The van der Waals surface area contributed by atoms with Gasteiger partial charge in [-0.05, 0) is 19.1 Å². The number of fused-ring (bicyclic) bond motifs is 10. The van der Waals surface area contributed by atoms with Gasteiger partial charge in [0.15, 0.2) is 17.8 Å². The summed E-state index contributed by atoms with van der Waals surface area (Å²) < 4.78 is 7.86. The maximum Gasteiger partial charge on any atom is 0.172 e. The summed E-state index contributed by atoms with van der Waals surface area (Å²) in [6.07, 6.45) is -6.06. The Kier molecular flexibility index (Phi) is 4.15. The van der Waals surface area contributed by atoms with E-state index in [0.717, 1.165) is 16.3 Å². The Balaban J connectivity index is 1.72. The van der Waals surface area contributed by atoms with Crippen molar-refractivity contribution in [3.63, 3.8) is 0 Å². The normalized spacial score (nSPS) is 27.0. The van der Waals surface area contributed by atoms with Gasteiger partial charge in [0.1, 0.15) is 18.3 Å². The molecule has 0 radical (unpaired) electrons. The molecule has 1 aliphatic heterocycles. The zero-order valence-electron chi connectivity index (χ0n) is 18.7. The van der Waals surface area contributed by atoms with Crippen molar-refractivity contribution < 1.29 is 29.6 Å². The van der Waals surface area contributed by atoms with E-state index >= 15 is 0 Å². The molecule has 1 saturated heterocycles. The lowest BCUT2D eigenvalue weighted by molar-refractivity contribution is -0.238. The minimum Gasteiger partial charge on any atom is -0.388 e. The van der Waals surface area contributed by atoms with E-state index in [1.54, 1.807) is 11.5 Å². The van der Waals surface area contributed by atoms with Crippen molar-refractivity contribution in [2.75, 3.05) is 0 Å². The summed E-state index contributed by atoms with van der Waals surface area (Å²) in [5.41, 5.74) is 3.57. The number of ketones is 2. The average Bonchev–Trinajstić information content (AvgIpc) is 3.49. The van der Waals surface area contributed by atoms with Crippen molar-refractivity contribution >= 4 is 55.2 Å². The number of nitrogens with one attached hydrogen (secondary N) is 1. The number of benzene rings is 3. The lowest BCUT2D eigenvalue weighted by atomic mass is 9.96. The summed E-state index contributed by atoms with van der Waals surface area (Å²) in [7, 11) is 0. The van der Waals surface area contributed by atoms with Crippen LogP contribution < -0.4 is 0 Å². The molecule has 5 atom stereocenters. The lowest BCUT2D eigenvalue weighted by Gasteiger charge is -2.40. The fraction of sp³-hybridized carbons (Fsp3) is 0.259. The van der Waals surface area contributed by atoms with Gasteiger partial charge in [-0.3, -0.25) is 9.59 Å². The molecule has 7 rings (SSSR count). The number of H-pyrrole nitrogens is 1. The minimum absolute atomic E-state index is 0.187. The van der Waals surface area contributed by atoms with Gasteiger partial charge in [0.25, 0.3) is 0 Å². The van der Waals surface area contributed by atoms with Crippen molar-refractivity contribution in [1.82, 2.24) is 9.55 Å². The number of aliphatic hydroxyl groups is 3. The van der Waals surface area contributed by atoms with Gasteiger partial charge in [-0.2, -0.15) is 0 Å². The third kappa shape index (κ3) is 2.54. The first-order valence-corrected chi connectivity index (χ1v) is 11.6. The molecule has 0 unspecified atom stereocenters. The Morgan fingerprint density at radius 1 is 0.857 bits per heavy atom. The fourth-order valence-corrected chi connectivity index (χ4v) is 5.98. The number of aromatic nitrogens is 2. The van der Waals surface area contributed by atoms with Crippen LogP contribution in [-0.2, 0) is 4.74 Å². The second-order valence-corrected chi connectivity index (χ2v) is 9.51. The Morgan fingerprint density at radius 2 is 1.51 bits per heavy atom. The molecule has 8 heteroatoms. The van der Waals surface area contributed by atoms with E-state index in [1.165, 1.54) is 0 Å². The van der Waals surface area contributed by atoms with Crippen LogP contribution in [0.3, 0.4) is 0 Å². The van der Waals surface area contributed by atoms with Crippen molar-refractivity contribution in [2.24, 2.45) is 0 Å². The molecule has 2 aromatic heterocycles. The number of para-hydroxylation sites is 2. The van der Waals surface area contributed by atoms with Crippen molar-refractivity contribution in [3.05, 3.63) is 59.7 Å².